The second-order valence-electron chi connectivity index (χ2n) is 5.86. The molecular weight excluding hydrogens is 358 g/mol. The van der Waals surface area contributed by atoms with Gasteiger partial charge in [-0.25, -0.2) is 9.78 Å². The van der Waals surface area contributed by atoms with Crippen molar-refractivity contribution >= 4 is 57.3 Å². The van der Waals surface area contributed by atoms with E-state index in [-0.39, 0.29) is 10.2 Å². The first-order chi connectivity index (χ1) is 11.9. The van der Waals surface area contributed by atoms with E-state index < -0.39 is 17.9 Å². The second kappa shape index (κ2) is 6.89. The summed E-state index contributed by atoms with van der Waals surface area (Å²) in [6.07, 6.45) is 3.17. The lowest BCUT2D eigenvalue weighted by molar-refractivity contribution is -0.146. The number of rotatable bonds is 4. The van der Waals surface area contributed by atoms with Crippen LogP contribution in [0.25, 0.3) is 17.1 Å². The number of thioether (sulfide) groups is 1. The molecule has 1 atom stereocenters. The molecule has 0 radical (unpaired) electrons. The Morgan fingerprint density at radius 2 is 2.00 bits per heavy atom. The van der Waals surface area contributed by atoms with E-state index in [4.69, 9.17) is 12.2 Å². The summed E-state index contributed by atoms with van der Waals surface area (Å²) < 4.78 is 0.242. The number of fused-ring (bicyclic) bond motifs is 1. The van der Waals surface area contributed by atoms with Crippen molar-refractivity contribution < 1.29 is 14.7 Å². The molecule has 1 aromatic carbocycles. The summed E-state index contributed by atoms with van der Waals surface area (Å²) in [6, 6.07) is 6.44. The number of aromatic nitrogens is 2. The van der Waals surface area contributed by atoms with E-state index in [2.05, 4.69) is 9.97 Å². The summed E-state index contributed by atoms with van der Waals surface area (Å²) in [6.45, 7) is 3.49. The zero-order chi connectivity index (χ0) is 18.1. The molecule has 2 heterocycles. The van der Waals surface area contributed by atoms with Gasteiger partial charge in [0.15, 0.2) is 0 Å². The first-order valence-corrected chi connectivity index (χ1v) is 8.82. The highest BCUT2D eigenvalue weighted by atomic mass is 32.2. The van der Waals surface area contributed by atoms with E-state index >= 15 is 0 Å². The van der Waals surface area contributed by atoms with E-state index in [1.165, 1.54) is 4.90 Å². The van der Waals surface area contributed by atoms with Crippen LogP contribution in [0.5, 0.6) is 0 Å². The normalized spacial score (nSPS) is 17.7. The second-order valence-corrected chi connectivity index (χ2v) is 7.54. The Morgan fingerprint density at radius 1 is 1.32 bits per heavy atom. The van der Waals surface area contributed by atoms with Crippen LogP contribution in [0.15, 0.2) is 35.4 Å². The summed E-state index contributed by atoms with van der Waals surface area (Å²) in [5.41, 5.74) is 2.01. The molecule has 0 spiro atoms. The Kier molecular flexibility index (Phi) is 4.82. The van der Waals surface area contributed by atoms with Gasteiger partial charge in [-0.2, -0.15) is 0 Å². The van der Waals surface area contributed by atoms with E-state index in [9.17, 15) is 14.7 Å². The maximum Gasteiger partial charge on any atom is 0.327 e. The van der Waals surface area contributed by atoms with Crippen molar-refractivity contribution in [1.29, 1.82) is 0 Å². The minimum absolute atomic E-state index is 0.242. The number of para-hydroxylation sites is 2. The van der Waals surface area contributed by atoms with Gasteiger partial charge in [-0.15, -0.1) is 0 Å². The van der Waals surface area contributed by atoms with Crippen LogP contribution in [0, 0.1) is 5.92 Å². The number of carbonyl (C=O) groups is 2. The predicted molar refractivity (Wildman–Crippen MR) is 101 cm³/mol. The number of carbonyl (C=O) groups excluding carboxylic acids is 1. The molecule has 8 heteroatoms. The average Bonchev–Trinajstić information content (AvgIpc) is 2.82. The van der Waals surface area contributed by atoms with Crippen molar-refractivity contribution in [3.8, 4) is 0 Å². The summed E-state index contributed by atoms with van der Waals surface area (Å²) in [4.78, 5) is 34.5. The van der Waals surface area contributed by atoms with Gasteiger partial charge in [0.25, 0.3) is 5.91 Å². The Morgan fingerprint density at radius 3 is 2.64 bits per heavy atom. The lowest BCUT2D eigenvalue weighted by atomic mass is 10.0. The van der Waals surface area contributed by atoms with Gasteiger partial charge in [0.2, 0.25) is 0 Å². The zero-order valence-electron chi connectivity index (χ0n) is 13.5. The van der Waals surface area contributed by atoms with Crippen LogP contribution in [0.4, 0.5) is 0 Å². The molecule has 1 N–H and O–H groups in total. The number of nitrogens with zero attached hydrogens (tertiary/aromatic N) is 3. The molecule has 25 heavy (non-hydrogen) atoms. The number of thiocarbonyl (C=S) groups is 1. The third-order valence-electron chi connectivity index (χ3n) is 3.73. The topological polar surface area (TPSA) is 83.4 Å². The smallest absolute Gasteiger partial charge is 0.327 e. The Hall–Kier alpha value is -2.32. The van der Waals surface area contributed by atoms with Gasteiger partial charge in [0, 0.05) is 0 Å². The third kappa shape index (κ3) is 3.40. The molecule has 1 aromatic heterocycles. The van der Waals surface area contributed by atoms with Gasteiger partial charge < -0.3 is 5.11 Å². The van der Waals surface area contributed by atoms with Crippen molar-refractivity contribution in [2.24, 2.45) is 5.92 Å². The Bertz CT molecular complexity index is 911. The minimum atomic E-state index is -1.07. The summed E-state index contributed by atoms with van der Waals surface area (Å²) in [5, 5.41) is 9.43. The molecule has 0 bridgehead atoms. The largest absolute Gasteiger partial charge is 0.480 e. The molecule has 0 saturated carbocycles. The first-order valence-electron chi connectivity index (χ1n) is 7.60. The summed E-state index contributed by atoms with van der Waals surface area (Å²) in [7, 11) is 0. The highest BCUT2D eigenvalue weighted by molar-refractivity contribution is 8.26. The molecule has 1 aliphatic rings. The Balaban J connectivity index is 1.95. The first kappa shape index (κ1) is 17.5. The van der Waals surface area contributed by atoms with Crippen molar-refractivity contribution in [1.82, 2.24) is 14.9 Å². The number of hydrogen-bond acceptors (Lipinski definition) is 6. The van der Waals surface area contributed by atoms with Crippen LogP contribution in [-0.2, 0) is 9.59 Å². The fraction of sp³-hybridized carbons (Fsp3) is 0.235. The van der Waals surface area contributed by atoms with Gasteiger partial charge in [-0.1, -0.05) is 50.0 Å². The van der Waals surface area contributed by atoms with Crippen LogP contribution in [0.1, 0.15) is 19.5 Å². The van der Waals surface area contributed by atoms with Gasteiger partial charge in [0.05, 0.1) is 27.8 Å². The van der Waals surface area contributed by atoms with E-state index in [0.717, 1.165) is 22.8 Å². The highest BCUT2D eigenvalue weighted by Crippen LogP contribution is 2.35. The molecule has 1 amide bonds. The van der Waals surface area contributed by atoms with Crippen molar-refractivity contribution in [2.75, 3.05) is 0 Å². The number of carboxylic acids is 1. The zero-order valence-corrected chi connectivity index (χ0v) is 15.2. The molecular formula is C17H15N3O3S2. The SMILES string of the molecule is CC(C)[C@@H](C(=O)O)N1C(=O)/C(=C/c2cnc3ccccc3n2)SC1=S. The summed E-state index contributed by atoms with van der Waals surface area (Å²) >= 11 is 6.31. The summed E-state index contributed by atoms with van der Waals surface area (Å²) in [5.74, 6) is -1.75. The average molecular weight is 373 g/mol. The molecule has 1 saturated heterocycles. The van der Waals surface area contributed by atoms with Crippen LogP contribution >= 0.6 is 24.0 Å². The van der Waals surface area contributed by atoms with Crippen molar-refractivity contribution in [3.05, 3.63) is 41.1 Å². The maximum absolute atomic E-state index is 12.7. The molecule has 0 aliphatic carbocycles. The lowest BCUT2D eigenvalue weighted by Crippen LogP contribution is -2.47. The van der Waals surface area contributed by atoms with Crippen LogP contribution in [0.2, 0.25) is 0 Å². The number of amides is 1. The molecule has 128 valence electrons. The van der Waals surface area contributed by atoms with E-state index in [0.29, 0.717) is 10.6 Å². The van der Waals surface area contributed by atoms with Gasteiger partial charge >= 0.3 is 5.97 Å². The van der Waals surface area contributed by atoms with Gasteiger partial charge in [-0.05, 0) is 24.1 Å². The number of carboxylic acid groups (broad SMARTS) is 1. The fourth-order valence-corrected chi connectivity index (χ4v) is 3.90. The molecule has 1 fully saturated rings. The molecule has 1 aliphatic heterocycles. The van der Waals surface area contributed by atoms with Crippen LogP contribution in [0.3, 0.4) is 0 Å². The van der Waals surface area contributed by atoms with Gasteiger partial charge in [0.1, 0.15) is 10.4 Å². The number of aliphatic carboxylic acids is 1. The fourth-order valence-electron chi connectivity index (χ4n) is 2.59. The van der Waals surface area contributed by atoms with E-state index in [1.54, 1.807) is 26.1 Å². The molecule has 0 unspecified atom stereocenters. The highest BCUT2D eigenvalue weighted by Gasteiger charge is 2.41. The lowest BCUT2D eigenvalue weighted by Gasteiger charge is -2.26. The maximum atomic E-state index is 12.7. The minimum Gasteiger partial charge on any atom is -0.480 e. The molecule has 2 aromatic rings. The number of hydrogen-bond donors (Lipinski definition) is 1. The van der Waals surface area contributed by atoms with Crippen LogP contribution < -0.4 is 0 Å². The molecule has 6 nitrogen and oxygen atoms in total. The van der Waals surface area contributed by atoms with E-state index in [1.807, 2.05) is 24.3 Å². The Labute approximate surface area is 154 Å². The quantitative estimate of drug-likeness (QED) is 0.651. The van der Waals surface area contributed by atoms with Crippen LogP contribution in [-0.4, -0.2) is 42.2 Å². The van der Waals surface area contributed by atoms with Crippen molar-refractivity contribution in [3.63, 3.8) is 0 Å². The third-order valence-corrected chi connectivity index (χ3v) is 5.06. The predicted octanol–water partition coefficient (Wildman–Crippen LogP) is 2.94. The molecule has 3 rings (SSSR count). The van der Waals surface area contributed by atoms with Gasteiger partial charge in [-0.3, -0.25) is 14.7 Å². The van der Waals surface area contributed by atoms with Crippen molar-refractivity contribution in [2.45, 2.75) is 19.9 Å². The standard InChI is InChI=1S/C17H15N3O3S2/c1-9(2)14(16(22)23)20-15(21)13(25-17(20)24)7-10-8-18-11-5-3-4-6-12(11)19-10/h3-9,14H,1-2H3,(H,22,23)/b13-7-/t14-/m0/s1. The number of benzene rings is 1. The monoisotopic (exact) mass is 373 g/mol.